The van der Waals surface area contributed by atoms with Crippen molar-refractivity contribution in [1.29, 1.82) is 0 Å². The Balaban J connectivity index is 1.62. The van der Waals surface area contributed by atoms with E-state index in [1.165, 1.54) is 37.2 Å². The van der Waals surface area contributed by atoms with Crippen molar-refractivity contribution in [1.82, 2.24) is 9.36 Å². The topological polar surface area (TPSA) is 47.0 Å². The number of aromatic nitrogens is 2. The van der Waals surface area contributed by atoms with Crippen LogP contribution in [0.15, 0.2) is 0 Å². The van der Waals surface area contributed by atoms with Crippen molar-refractivity contribution in [2.45, 2.75) is 63.5 Å². The number of rotatable bonds is 3. The fourth-order valence-electron chi connectivity index (χ4n) is 3.15. The van der Waals surface area contributed by atoms with Gasteiger partial charge in [0.2, 0.25) is 5.13 Å². The van der Waals surface area contributed by atoms with Crippen molar-refractivity contribution in [2.24, 2.45) is 0 Å². The number of hydrogen-bond acceptors (Lipinski definition) is 5. The van der Waals surface area contributed by atoms with Gasteiger partial charge < -0.3 is 10.1 Å². The fraction of sp³-hybridized carbons (Fsp3) is 0.846. The lowest BCUT2D eigenvalue weighted by atomic mass is 9.89. The van der Waals surface area contributed by atoms with Gasteiger partial charge in [-0.1, -0.05) is 19.8 Å². The smallest absolute Gasteiger partial charge is 0.202 e. The van der Waals surface area contributed by atoms with Gasteiger partial charge in [0.25, 0.3) is 0 Å². The van der Waals surface area contributed by atoms with Crippen LogP contribution < -0.4 is 5.32 Å². The predicted octanol–water partition coefficient (Wildman–Crippen LogP) is 3.00. The summed E-state index contributed by atoms with van der Waals surface area (Å²) in [6.07, 6.45) is 8.26. The average Bonchev–Trinajstić information content (AvgIpc) is 2.99. The SMILES string of the molecule is CCc1nsc(N[C@@H]2CCOC3(CCCC3)C2)n1. The average molecular weight is 267 g/mol. The van der Waals surface area contributed by atoms with Crippen molar-refractivity contribution >= 4 is 16.7 Å². The van der Waals surface area contributed by atoms with Crippen LogP contribution in [0.5, 0.6) is 0 Å². The van der Waals surface area contributed by atoms with E-state index in [0.29, 0.717) is 6.04 Å². The van der Waals surface area contributed by atoms with Crippen molar-refractivity contribution in [3.63, 3.8) is 0 Å². The predicted molar refractivity (Wildman–Crippen MR) is 73.1 cm³/mol. The second-order valence-corrected chi connectivity index (χ2v) is 6.19. The van der Waals surface area contributed by atoms with Gasteiger partial charge in [-0.15, -0.1) is 0 Å². The van der Waals surface area contributed by atoms with Crippen LogP contribution in [0.2, 0.25) is 0 Å². The lowest BCUT2D eigenvalue weighted by Gasteiger charge is -2.38. The van der Waals surface area contributed by atoms with Gasteiger partial charge >= 0.3 is 0 Å². The third-order valence-electron chi connectivity index (χ3n) is 4.12. The van der Waals surface area contributed by atoms with E-state index < -0.39 is 0 Å². The first-order valence-corrected chi connectivity index (χ1v) is 7.80. The molecule has 2 aliphatic rings. The Morgan fingerprint density at radius 2 is 2.28 bits per heavy atom. The fourth-order valence-corrected chi connectivity index (χ4v) is 3.88. The summed E-state index contributed by atoms with van der Waals surface area (Å²) in [4.78, 5) is 4.49. The zero-order valence-electron chi connectivity index (χ0n) is 10.9. The number of ether oxygens (including phenoxy) is 1. The Morgan fingerprint density at radius 1 is 1.44 bits per heavy atom. The molecule has 0 amide bonds. The number of anilines is 1. The van der Waals surface area contributed by atoms with Crippen molar-refractivity contribution in [2.75, 3.05) is 11.9 Å². The first-order chi connectivity index (χ1) is 8.80. The first kappa shape index (κ1) is 12.4. The standard InChI is InChI=1S/C13H21N3OS/c1-2-11-15-12(18-16-11)14-10-5-8-17-13(9-10)6-3-4-7-13/h10H,2-9H2,1H3,(H,14,15,16)/t10-/m1/s1. The maximum Gasteiger partial charge on any atom is 0.202 e. The highest BCUT2D eigenvalue weighted by atomic mass is 32.1. The van der Waals surface area contributed by atoms with Crippen LogP contribution >= 0.6 is 11.5 Å². The summed E-state index contributed by atoms with van der Waals surface area (Å²) >= 11 is 1.49. The van der Waals surface area contributed by atoms with Crippen molar-refractivity contribution < 1.29 is 4.74 Å². The minimum Gasteiger partial charge on any atom is -0.375 e. The van der Waals surface area contributed by atoms with Crippen molar-refractivity contribution in [3.8, 4) is 0 Å². The molecule has 2 fully saturated rings. The van der Waals surface area contributed by atoms with Crippen LogP contribution in [-0.2, 0) is 11.2 Å². The van der Waals surface area contributed by atoms with Gasteiger partial charge in [-0.2, -0.15) is 4.37 Å². The highest BCUT2D eigenvalue weighted by Gasteiger charge is 2.40. The van der Waals surface area contributed by atoms with Gasteiger partial charge in [0.05, 0.1) is 5.60 Å². The molecule has 1 aromatic heterocycles. The zero-order valence-corrected chi connectivity index (χ0v) is 11.8. The molecule has 100 valence electrons. The van der Waals surface area contributed by atoms with Crippen LogP contribution in [-0.4, -0.2) is 27.6 Å². The van der Waals surface area contributed by atoms with Crippen molar-refractivity contribution in [3.05, 3.63) is 5.82 Å². The molecule has 5 heteroatoms. The lowest BCUT2D eigenvalue weighted by Crippen LogP contribution is -2.42. The zero-order chi connectivity index (χ0) is 12.4. The van der Waals surface area contributed by atoms with Crippen LogP contribution in [0.4, 0.5) is 5.13 Å². The number of hydrogen-bond donors (Lipinski definition) is 1. The molecule has 2 heterocycles. The highest BCUT2D eigenvalue weighted by molar-refractivity contribution is 7.09. The van der Waals surface area contributed by atoms with Gasteiger partial charge in [0.15, 0.2) is 0 Å². The van der Waals surface area contributed by atoms with E-state index in [-0.39, 0.29) is 5.60 Å². The summed E-state index contributed by atoms with van der Waals surface area (Å²) in [6.45, 7) is 2.98. The first-order valence-electron chi connectivity index (χ1n) is 7.03. The Morgan fingerprint density at radius 3 is 3.00 bits per heavy atom. The number of nitrogens with zero attached hydrogens (tertiary/aromatic N) is 2. The largest absolute Gasteiger partial charge is 0.375 e. The lowest BCUT2D eigenvalue weighted by molar-refractivity contribution is -0.0767. The van der Waals surface area contributed by atoms with E-state index in [0.717, 1.165) is 36.8 Å². The second kappa shape index (κ2) is 5.13. The molecule has 0 unspecified atom stereocenters. The molecule has 1 aromatic rings. The molecule has 0 aromatic carbocycles. The third kappa shape index (κ3) is 2.52. The molecule has 1 saturated carbocycles. The van der Waals surface area contributed by atoms with E-state index in [4.69, 9.17) is 4.74 Å². The molecule has 1 spiro atoms. The van der Waals surface area contributed by atoms with Crippen LogP contribution in [0.25, 0.3) is 0 Å². The van der Waals surface area contributed by atoms with Gasteiger partial charge in [-0.05, 0) is 25.7 Å². The Labute approximate surface area is 112 Å². The normalized spacial score (nSPS) is 26.6. The summed E-state index contributed by atoms with van der Waals surface area (Å²) in [6, 6.07) is 0.509. The minimum absolute atomic E-state index is 0.175. The molecule has 3 rings (SSSR count). The molecule has 0 radical (unpaired) electrons. The van der Waals surface area contributed by atoms with E-state index in [1.807, 2.05) is 0 Å². The van der Waals surface area contributed by atoms with Gasteiger partial charge in [0, 0.05) is 30.6 Å². The molecule has 4 nitrogen and oxygen atoms in total. The Bertz CT molecular complexity index is 401. The summed E-state index contributed by atoms with van der Waals surface area (Å²) in [5.74, 6) is 0.949. The van der Waals surface area contributed by atoms with Crippen LogP contribution in [0.3, 0.4) is 0 Å². The highest BCUT2D eigenvalue weighted by Crippen LogP contribution is 2.40. The van der Waals surface area contributed by atoms with E-state index in [2.05, 4.69) is 21.6 Å². The molecule has 1 aliphatic carbocycles. The summed E-state index contributed by atoms with van der Waals surface area (Å²) < 4.78 is 10.4. The minimum atomic E-state index is 0.175. The van der Waals surface area contributed by atoms with Crippen LogP contribution in [0.1, 0.15) is 51.3 Å². The Hall–Kier alpha value is -0.680. The Kier molecular flexibility index (Phi) is 3.52. The summed E-state index contributed by atoms with van der Waals surface area (Å²) in [5, 5.41) is 4.53. The molecule has 1 saturated heterocycles. The molecule has 18 heavy (non-hydrogen) atoms. The van der Waals surface area contributed by atoms with Gasteiger partial charge in [0.1, 0.15) is 5.82 Å². The monoisotopic (exact) mass is 267 g/mol. The molecule has 0 bridgehead atoms. The molecular weight excluding hydrogens is 246 g/mol. The molecule has 1 aliphatic heterocycles. The van der Waals surface area contributed by atoms with E-state index in [1.54, 1.807) is 0 Å². The summed E-state index contributed by atoms with van der Waals surface area (Å²) in [7, 11) is 0. The second-order valence-electron chi connectivity index (χ2n) is 5.44. The van der Waals surface area contributed by atoms with E-state index >= 15 is 0 Å². The van der Waals surface area contributed by atoms with Gasteiger partial charge in [-0.3, -0.25) is 0 Å². The third-order valence-corrected chi connectivity index (χ3v) is 4.80. The number of aryl methyl sites for hydroxylation is 1. The quantitative estimate of drug-likeness (QED) is 0.914. The maximum atomic E-state index is 6.05. The summed E-state index contributed by atoms with van der Waals surface area (Å²) in [5.41, 5.74) is 0.175. The number of nitrogens with one attached hydrogen (secondary N) is 1. The van der Waals surface area contributed by atoms with Crippen LogP contribution in [0, 0.1) is 0 Å². The molecule has 1 atom stereocenters. The molecule has 1 N–H and O–H groups in total. The molecular formula is C13H21N3OS. The maximum absolute atomic E-state index is 6.05. The van der Waals surface area contributed by atoms with Gasteiger partial charge in [-0.25, -0.2) is 4.98 Å². The van der Waals surface area contributed by atoms with E-state index in [9.17, 15) is 0 Å².